The van der Waals surface area contributed by atoms with Crippen LogP contribution in [0.5, 0.6) is 0 Å². The van der Waals surface area contributed by atoms with Crippen molar-refractivity contribution in [3.63, 3.8) is 0 Å². The summed E-state index contributed by atoms with van der Waals surface area (Å²) in [5.41, 5.74) is 0.577. The molecule has 0 bridgehead atoms. The highest BCUT2D eigenvalue weighted by Crippen LogP contribution is 2.26. The van der Waals surface area contributed by atoms with Crippen molar-refractivity contribution in [2.45, 2.75) is 32.9 Å². The summed E-state index contributed by atoms with van der Waals surface area (Å²) in [6, 6.07) is 13.3. The van der Waals surface area contributed by atoms with Gasteiger partial charge in [-0.15, -0.1) is 0 Å². The lowest BCUT2D eigenvalue weighted by Crippen LogP contribution is -2.29. The molecular formula is C22H21NO6. The first-order chi connectivity index (χ1) is 13.7. The quantitative estimate of drug-likeness (QED) is 0.571. The number of rotatable bonds is 5. The van der Waals surface area contributed by atoms with Crippen molar-refractivity contribution in [3.8, 4) is 0 Å². The summed E-state index contributed by atoms with van der Waals surface area (Å²) < 4.78 is 10.0. The number of amides is 2. The molecule has 3 rings (SSSR count). The second kappa shape index (κ2) is 7.87. The third-order valence-electron chi connectivity index (χ3n) is 4.13. The normalized spacial score (nSPS) is 13.3. The second-order valence-corrected chi connectivity index (χ2v) is 7.60. The van der Waals surface area contributed by atoms with E-state index in [4.69, 9.17) is 9.47 Å². The van der Waals surface area contributed by atoms with Gasteiger partial charge in [-0.1, -0.05) is 30.3 Å². The SMILES string of the molecule is CC(C)(C)OC(=O)COC(=O)c1ccc2c(c1)C(=O)N(Cc1ccccc1)C2=O. The molecule has 29 heavy (non-hydrogen) atoms. The summed E-state index contributed by atoms with van der Waals surface area (Å²) in [4.78, 5) is 50.3. The average molecular weight is 395 g/mol. The van der Waals surface area contributed by atoms with E-state index in [9.17, 15) is 19.2 Å². The van der Waals surface area contributed by atoms with Crippen LogP contribution in [0.15, 0.2) is 48.5 Å². The molecule has 0 saturated carbocycles. The minimum atomic E-state index is -0.777. The fourth-order valence-electron chi connectivity index (χ4n) is 2.91. The number of carbonyl (C=O) groups excluding carboxylic acids is 4. The Morgan fingerprint density at radius 3 is 2.24 bits per heavy atom. The van der Waals surface area contributed by atoms with Gasteiger partial charge in [0.2, 0.25) is 0 Å². The fraction of sp³-hybridized carbons (Fsp3) is 0.273. The fourth-order valence-corrected chi connectivity index (χ4v) is 2.91. The highest BCUT2D eigenvalue weighted by atomic mass is 16.6. The molecule has 2 amide bonds. The Kier molecular flexibility index (Phi) is 5.50. The molecule has 0 N–H and O–H groups in total. The van der Waals surface area contributed by atoms with Crippen molar-refractivity contribution in [1.29, 1.82) is 0 Å². The van der Waals surface area contributed by atoms with Gasteiger partial charge in [-0.2, -0.15) is 0 Å². The van der Waals surface area contributed by atoms with Crippen LogP contribution < -0.4 is 0 Å². The van der Waals surface area contributed by atoms with E-state index in [1.165, 1.54) is 18.2 Å². The summed E-state index contributed by atoms with van der Waals surface area (Å²) in [6.07, 6.45) is 0. The van der Waals surface area contributed by atoms with E-state index in [0.29, 0.717) is 0 Å². The lowest BCUT2D eigenvalue weighted by molar-refractivity contribution is -0.158. The lowest BCUT2D eigenvalue weighted by Gasteiger charge is -2.19. The van der Waals surface area contributed by atoms with E-state index in [1.54, 1.807) is 20.8 Å². The summed E-state index contributed by atoms with van der Waals surface area (Å²) >= 11 is 0. The molecule has 1 aliphatic rings. The zero-order valence-corrected chi connectivity index (χ0v) is 16.4. The van der Waals surface area contributed by atoms with Crippen molar-refractivity contribution in [2.75, 3.05) is 6.61 Å². The predicted octanol–water partition coefficient (Wildman–Crippen LogP) is 2.98. The number of benzene rings is 2. The molecular weight excluding hydrogens is 374 g/mol. The first-order valence-electron chi connectivity index (χ1n) is 9.09. The standard InChI is InChI=1S/C22H21NO6/c1-22(2,3)29-18(24)13-28-21(27)15-9-10-16-17(11-15)20(26)23(19(16)25)12-14-7-5-4-6-8-14/h4-11H,12-13H2,1-3H3. The first-order valence-corrected chi connectivity index (χ1v) is 9.09. The maximum atomic E-state index is 12.7. The number of hydrogen-bond donors (Lipinski definition) is 0. The summed E-state index contributed by atoms with van der Waals surface area (Å²) in [6.45, 7) is 4.72. The molecule has 0 fully saturated rings. The van der Waals surface area contributed by atoms with E-state index in [1.807, 2.05) is 30.3 Å². The van der Waals surface area contributed by atoms with E-state index in [-0.39, 0.29) is 23.2 Å². The maximum absolute atomic E-state index is 12.7. The lowest BCUT2D eigenvalue weighted by atomic mass is 10.1. The molecule has 7 heteroatoms. The summed E-state index contributed by atoms with van der Waals surface area (Å²) in [5.74, 6) is -2.34. The van der Waals surface area contributed by atoms with E-state index in [2.05, 4.69) is 0 Å². The molecule has 2 aromatic rings. The highest BCUT2D eigenvalue weighted by Gasteiger charge is 2.36. The number of fused-ring (bicyclic) bond motifs is 1. The van der Waals surface area contributed by atoms with Gasteiger partial charge in [0.05, 0.1) is 23.2 Å². The van der Waals surface area contributed by atoms with Crippen LogP contribution in [0.1, 0.15) is 57.4 Å². The van der Waals surface area contributed by atoms with Crippen LogP contribution in [-0.4, -0.2) is 40.9 Å². The van der Waals surface area contributed by atoms with Crippen molar-refractivity contribution >= 4 is 23.8 Å². The molecule has 0 saturated heterocycles. The van der Waals surface area contributed by atoms with E-state index < -0.39 is 36.0 Å². The molecule has 1 heterocycles. The van der Waals surface area contributed by atoms with Crippen LogP contribution in [0, 0.1) is 0 Å². The van der Waals surface area contributed by atoms with E-state index in [0.717, 1.165) is 10.5 Å². The molecule has 150 valence electrons. The van der Waals surface area contributed by atoms with Gasteiger partial charge in [-0.3, -0.25) is 14.5 Å². The number of ether oxygens (including phenoxy) is 2. The van der Waals surface area contributed by atoms with Crippen LogP contribution in [0.3, 0.4) is 0 Å². The predicted molar refractivity (Wildman–Crippen MR) is 103 cm³/mol. The summed E-state index contributed by atoms with van der Waals surface area (Å²) in [5, 5.41) is 0. The minimum absolute atomic E-state index is 0.0787. The molecule has 0 aromatic heterocycles. The molecule has 7 nitrogen and oxygen atoms in total. The summed E-state index contributed by atoms with van der Waals surface area (Å²) in [7, 11) is 0. The van der Waals surface area contributed by atoms with Crippen molar-refractivity contribution in [2.24, 2.45) is 0 Å². The Labute approximate surface area is 168 Å². The zero-order chi connectivity index (χ0) is 21.2. The third-order valence-corrected chi connectivity index (χ3v) is 4.13. The molecule has 0 radical (unpaired) electrons. The zero-order valence-electron chi connectivity index (χ0n) is 16.4. The van der Waals surface area contributed by atoms with Crippen LogP contribution >= 0.6 is 0 Å². The number of carbonyl (C=O) groups is 4. The molecule has 0 aliphatic carbocycles. The van der Waals surface area contributed by atoms with E-state index >= 15 is 0 Å². The number of imide groups is 1. The first kappa shape index (κ1) is 20.3. The monoisotopic (exact) mass is 395 g/mol. The van der Waals surface area contributed by atoms with Gasteiger partial charge in [0, 0.05) is 0 Å². The smallest absolute Gasteiger partial charge is 0.344 e. The van der Waals surface area contributed by atoms with Crippen LogP contribution in [0.4, 0.5) is 0 Å². The van der Waals surface area contributed by atoms with Gasteiger partial charge in [0.25, 0.3) is 11.8 Å². The Balaban J connectivity index is 1.70. The average Bonchev–Trinajstić information content (AvgIpc) is 2.90. The van der Waals surface area contributed by atoms with Crippen LogP contribution in [0.2, 0.25) is 0 Å². The van der Waals surface area contributed by atoms with Gasteiger partial charge in [0.1, 0.15) is 5.60 Å². The third kappa shape index (κ3) is 4.68. The van der Waals surface area contributed by atoms with Gasteiger partial charge >= 0.3 is 11.9 Å². The van der Waals surface area contributed by atoms with Crippen LogP contribution in [0.25, 0.3) is 0 Å². The number of hydrogen-bond acceptors (Lipinski definition) is 6. The van der Waals surface area contributed by atoms with Crippen LogP contribution in [-0.2, 0) is 20.8 Å². The topological polar surface area (TPSA) is 90.0 Å². The minimum Gasteiger partial charge on any atom is -0.457 e. The second-order valence-electron chi connectivity index (χ2n) is 7.60. The Morgan fingerprint density at radius 2 is 1.59 bits per heavy atom. The Bertz CT molecular complexity index is 975. The highest BCUT2D eigenvalue weighted by molar-refractivity contribution is 6.21. The van der Waals surface area contributed by atoms with Gasteiger partial charge in [-0.25, -0.2) is 9.59 Å². The molecule has 0 unspecified atom stereocenters. The van der Waals surface area contributed by atoms with Crippen molar-refractivity contribution in [1.82, 2.24) is 4.90 Å². The molecule has 2 aromatic carbocycles. The van der Waals surface area contributed by atoms with Crippen molar-refractivity contribution in [3.05, 3.63) is 70.8 Å². The number of nitrogens with zero attached hydrogens (tertiary/aromatic N) is 1. The molecule has 0 spiro atoms. The molecule has 0 atom stereocenters. The van der Waals surface area contributed by atoms with Crippen molar-refractivity contribution < 1.29 is 28.7 Å². The Morgan fingerprint density at radius 1 is 0.931 bits per heavy atom. The number of esters is 2. The van der Waals surface area contributed by atoms with Gasteiger partial charge < -0.3 is 9.47 Å². The van der Waals surface area contributed by atoms with Gasteiger partial charge in [0.15, 0.2) is 6.61 Å². The maximum Gasteiger partial charge on any atom is 0.344 e. The molecule has 1 aliphatic heterocycles. The largest absolute Gasteiger partial charge is 0.457 e. The Hall–Kier alpha value is -3.48. The van der Waals surface area contributed by atoms with Gasteiger partial charge in [-0.05, 0) is 44.5 Å².